The van der Waals surface area contributed by atoms with Gasteiger partial charge in [0.05, 0.1) is 13.1 Å². The number of guanidine groups is 1. The van der Waals surface area contributed by atoms with Gasteiger partial charge in [0.1, 0.15) is 11.6 Å². The Morgan fingerprint density at radius 1 is 1.27 bits per heavy atom. The van der Waals surface area contributed by atoms with Gasteiger partial charge in [-0.15, -0.1) is 0 Å². The summed E-state index contributed by atoms with van der Waals surface area (Å²) in [4.78, 5) is 9.50. The molecular weight excluding hydrogens is 376 g/mol. The first kappa shape index (κ1) is 20.7. The lowest BCUT2D eigenvalue weighted by molar-refractivity contribution is 0.391. The molecule has 0 spiro atoms. The molecule has 162 valence electrons. The second-order valence-electron chi connectivity index (χ2n) is 8.71. The van der Waals surface area contributed by atoms with Crippen molar-refractivity contribution in [1.29, 1.82) is 0 Å². The van der Waals surface area contributed by atoms with Crippen LogP contribution in [0.4, 0.5) is 0 Å². The number of fused-ring (bicyclic) bond motifs is 2. The average Bonchev–Trinajstić information content (AvgIpc) is 3.17. The van der Waals surface area contributed by atoms with Crippen LogP contribution in [0.15, 0.2) is 17.1 Å². The third kappa shape index (κ3) is 4.45. The molecule has 7 heteroatoms. The lowest BCUT2D eigenvalue weighted by atomic mass is 9.88. The van der Waals surface area contributed by atoms with E-state index in [1.807, 2.05) is 10.7 Å². The zero-order valence-electron chi connectivity index (χ0n) is 18.4. The van der Waals surface area contributed by atoms with Crippen LogP contribution in [0.2, 0.25) is 0 Å². The van der Waals surface area contributed by atoms with Crippen molar-refractivity contribution in [3.8, 4) is 5.75 Å². The smallest absolute Gasteiger partial charge is 0.191 e. The number of phenols is 1. The maximum Gasteiger partial charge on any atom is 0.191 e. The van der Waals surface area contributed by atoms with E-state index in [4.69, 9.17) is 4.99 Å². The summed E-state index contributed by atoms with van der Waals surface area (Å²) in [6, 6.07) is 4.16. The zero-order valence-corrected chi connectivity index (χ0v) is 18.4. The van der Waals surface area contributed by atoms with E-state index in [-0.39, 0.29) is 6.04 Å². The molecule has 1 aromatic carbocycles. The number of nitrogens with zero attached hydrogens (tertiary/aromatic N) is 4. The Bertz CT molecular complexity index is 917. The van der Waals surface area contributed by atoms with Crippen molar-refractivity contribution in [2.24, 2.45) is 4.99 Å². The Morgan fingerprint density at radius 2 is 2.10 bits per heavy atom. The van der Waals surface area contributed by atoms with E-state index in [1.165, 1.54) is 24.0 Å². The summed E-state index contributed by atoms with van der Waals surface area (Å²) in [5.41, 5.74) is 3.65. The van der Waals surface area contributed by atoms with E-state index < -0.39 is 0 Å². The van der Waals surface area contributed by atoms with Gasteiger partial charge in [0.15, 0.2) is 11.8 Å². The van der Waals surface area contributed by atoms with Crippen molar-refractivity contribution in [2.45, 2.75) is 84.3 Å². The standard InChI is InChI=1S/C23H34N6O/c1-4-24-23(25-13-19-18-8-6-5-7-16(18)9-11-20(19)30)26-17-10-12-21-27-22(15(2)3)28-29(21)14-17/h9,11,15,17,30H,4-8,10,12-14H2,1-3H3,(H2,24,25,26). The van der Waals surface area contributed by atoms with Gasteiger partial charge in [0.25, 0.3) is 0 Å². The lowest BCUT2D eigenvalue weighted by Crippen LogP contribution is -2.47. The molecule has 1 aliphatic heterocycles. The second kappa shape index (κ2) is 9.06. The Balaban J connectivity index is 1.47. The minimum atomic E-state index is 0.260. The fraction of sp³-hybridized carbons (Fsp3) is 0.609. The molecule has 0 fully saturated rings. The van der Waals surface area contributed by atoms with Gasteiger partial charge in [0, 0.05) is 30.5 Å². The van der Waals surface area contributed by atoms with Crippen LogP contribution in [0.25, 0.3) is 0 Å². The molecule has 7 nitrogen and oxygen atoms in total. The van der Waals surface area contributed by atoms with Crippen molar-refractivity contribution in [3.05, 3.63) is 40.5 Å². The first-order chi connectivity index (χ1) is 14.5. The third-order valence-corrected chi connectivity index (χ3v) is 6.10. The van der Waals surface area contributed by atoms with Gasteiger partial charge in [-0.2, -0.15) is 5.10 Å². The number of aromatic nitrogens is 3. The molecule has 0 bridgehead atoms. The molecule has 2 heterocycles. The molecule has 1 atom stereocenters. The van der Waals surface area contributed by atoms with E-state index in [9.17, 15) is 5.11 Å². The van der Waals surface area contributed by atoms with Crippen molar-refractivity contribution < 1.29 is 5.11 Å². The van der Waals surface area contributed by atoms with Crippen LogP contribution in [-0.4, -0.2) is 38.4 Å². The van der Waals surface area contributed by atoms with E-state index in [0.717, 1.165) is 61.9 Å². The number of phenolic OH excluding ortho intramolecular Hbond substituents is 1. The molecule has 1 aliphatic carbocycles. The fourth-order valence-corrected chi connectivity index (χ4v) is 4.43. The minimum absolute atomic E-state index is 0.260. The minimum Gasteiger partial charge on any atom is -0.508 e. The number of aryl methyl sites for hydroxylation is 2. The number of rotatable bonds is 5. The highest BCUT2D eigenvalue weighted by Gasteiger charge is 2.23. The summed E-state index contributed by atoms with van der Waals surface area (Å²) < 4.78 is 2.04. The summed E-state index contributed by atoms with van der Waals surface area (Å²) in [6.45, 7) is 8.41. The molecule has 3 N–H and O–H groups in total. The summed E-state index contributed by atoms with van der Waals surface area (Å²) in [6.07, 6.45) is 6.48. The van der Waals surface area contributed by atoms with Crippen molar-refractivity contribution in [3.63, 3.8) is 0 Å². The monoisotopic (exact) mass is 410 g/mol. The Labute approximate surface area is 179 Å². The highest BCUT2D eigenvalue weighted by molar-refractivity contribution is 5.80. The van der Waals surface area contributed by atoms with E-state index in [2.05, 4.69) is 47.6 Å². The van der Waals surface area contributed by atoms with Crippen LogP contribution in [0, 0.1) is 0 Å². The first-order valence-corrected chi connectivity index (χ1v) is 11.4. The molecular formula is C23H34N6O. The Hall–Kier alpha value is -2.57. The molecule has 2 aliphatic rings. The van der Waals surface area contributed by atoms with Gasteiger partial charge in [0.2, 0.25) is 0 Å². The SMILES string of the molecule is CCNC(=NCc1c(O)ccc2c1CCCC2)NC1CCc2nc(C(C)C)nn2C1. The van der Waals surface area contributed by atoms with E-state index >= 15 is 0 Å². The van der Waals surface area contributed by atoms with Gasteiger partial charge >= 0.3 is 0 Å². The largest absolute Gasteiger partial charge is 0.508 e. The average molecular weight is 411 g/mol. The summed E-state index contributed by atoms with van der Waals surface area (Å²) >= 11 is 0. The van der Waals surface area contributed by atoms with E-state index in [0.29, 0.717) is 18.2 Å². The first-order valence-electron chi connectivity index (χ1n) is 11.4. The van der Waals surface area contributed by atoms with Gasteiger partial charge in [-0.25, -0.2) is 14.7 Å². The molecule has 2 aromatic rings. The molecule has 0 radical (unpaired) electrons. The van der Waals surface area contributed by atoms with Crippen LogP contribution in [0.3, 0.4) is 0 Å². The predicted octanol–water partition coefficient (Wildman–Crippen LogP) is 3.06. The maximum atomic E-state index is 10.5. The van der Waals surface area contributed by atoms with Crippen LogP contribution in [-0.2, 0) is 32.4 Å². The second-order valence-corrected chi connectivity index (χ2v) is 8.71. The van der Waals surface area contributed by atoms with Gasteiger partial charge < -0.3 is 15.7 Å². The van der Waals surface area contributed by atoms with Gasteiger partial charge in [-0.05, 0) is 56.2 Å². The van der Waals surface area contributed by atoms with Crippen LogP contribution in [0.1, 0.15) is 74.3 Å². The molecule has 0 saturated carbocycles. The number of aromatic hydroxyl groups is 1. The highest BCUT2D eigenvalue weighted by Crippen LogP contribution is 2.31. The fourth-order valence-electron chi connectivity index (χ4n) is 4.43. The molecule has 0 amide bonds. The van der Waals surface area contributed by atoms with Crippen molar-refractivity contribution in [1.82, 2.24) is 25.4 Å². The third-order valence-electron chi connectivity index (χ3n) is 6.10. The number of aliphatic imine (C=N–C) groups is 1. The van der Waals surface area contributed by atoms with Crippen LogP contribution in [0.5, 0.6) is 5.75 Å². The van der Waals surface area contributed by atoms with Crippen molar-refractivity contribution >= 4 is 5.96 Å². The lowest BCUT2D eigenvalue weighted by Gasteiger charge is -2.25. The Kier molecular flexibility index (Phi) is 6.25. The molecule has 1 aromatic heterocycles. The quantitative estimate of drug-likeness (QED) is 0.521. The summed E-state index contributed by atoms with van der Waals surface area (Å²) in [5.74, 6) is 3.51. The summed E-state index contributed by atoms with van der Waals surface area (Å²) in [7, 11) is 0. The number of hydrogen-bond acceptors (Lipinski definition) is 4. The number of benzene rings is 1. The topological polar surface area (TPSA) is 87.4 Å². The van der Waals surface area contributed by atoms with Gasteiger partial charge in [-0.3, -0.25) is 0 Å². The van der Waals surface area contributed by atoms with Crippen LogP contribution < -0.4 is 10.6 Å². The molecule has 1 unspecified atom stereocenters. The highest BCUT2D eigenvalue weighted by atomic mass is 16.3. The number of nitrogens with one attached hydrogen (secondary N) is 2. The molecule has 0 saturated heterocycles. The van der Waals surface area contributed by atoms with Gasteiger partial charge in [-0.1, -0.05) is 19.9 Å². The molecule has 4 rings (SSSR count). The normalized spacial score (nSPS) is 18.8. The maximum absolute atomic E-state index is 10.5. The predicted molar refractivity (Wildman–Crippen MR) is 119 cm³/mol. The van der Waals surface area contributed by atoms with E-state index in [1.54, 1.807) is 0 Å². The summed E-state index contributed by atoms with van der Waals surface area (Å²) in [5, 5.41) is 22.1. The molecule has 30 heavy (non-hydrogen) atoms. The van der Waals surface area contributed by atoms with Crippen molar-refractivity contribution in [2.75, 3.05) is 6.54 Å². The Morgan fingerprint density at radius 3 is 2.90 bits per heavy atom. The van der Waals surface area contributed by atoms with Crippen LogP contribution >= 0.6 is 0 Å². The number of hydrogen-bond donors (Lipinski definition) is 3. The zero-order chi connectivity index (χ0) is 21.1.